The Kier molecular flexibility index (Phi) is 4.90. The molecule has 3 aromatic rings. The molecule has 0 amide bonds. The second-order valence-corrected chi connectivity index (χ2v) is 8.97. The number of carbonyl (C=O) groups is 1. The molecular weight excluding hydrogens is 364 g/mol. The second kappa shape index (κ2) is 7.72. The number of aryl methyl sites for hydroxylation is 2. The predicted molar refractivity (Wildman–Crippen MR) is 124 cm³/mol. The third kappa shape index (κ3) is 3.43. The first-order chi connectivity index (χ1) is 14.6. The van der Waals surface area contributed by atoms with Gasteiger partial charge in [-0.05, 0) is 78.5 Å². The Morgan fingerprint density at radius 1 is 0.933 bits per heavy atom. The molecule has 5 rings (SSSR count). The summed E-state index contributed by atoms with van der Waals surface area (Å²) in [6.07, 6.45) is 6.20. The van der Waals surface area contributed by atoms with Crippen molar-refractivity contribution in [2.24, 2.45) is 5.92 Å². The number of allylic oxidation sites excluding steroid dienone is 1. The third-order valence-corrected chi connectivity index (χ3v) is 6.95. The van der Waals surface area contributed by atoms with Gasteiger partial charge in [0.2, 0.25) is 0 Å². The maximum atomic E-state index is 12.2. The quantitative estimate of drug-likeness (QED) is 0.496. The van der Waals surface area contributed by atoms with Crippen LogP contribution >= 0.6 is 0 Å². The van der Waals surface area contributed by atoms with Gasteiger partial charge in [-0.15, -0.1) is 0 Å². The highest BCUT2D eigenvalue weighted by Crippen LogP contribution is 2.43. The summed E-state index contributed by atoms with van der Waals surface area (Å²) in [6, 6.07) is 24.3. The van der Waals surface area contributed by atoms with Gasteiger partial charge in [0.05, 0.1) is 0 Å². The summed E-state index contributed by atoms with van der Waals surface area (Å²) < 4.78 is 0. The Morgan fingerprint density at radius 2 is 1.70 bits per heavy atom. The number of rotatable bonds is 5. The average molecular weight is 393 g/mol. The molecule has 1 nitrogen and oxygen atoms in total. The minimum absolute atomic E-state index is 0.151. The minimum Gasteiger partial charge on any atom is -0.300 e. The molecule has 0 radical (unpaired) electrons. The fourth-order valence-electron chi connectivity index (χ4n) is 5.38. The Morgan fingerprint density at radius 3 is 2.50 bits per heavy atom. The van der Waals surface area contributed by atoms with Crippen LogP contribution in [0.3, 0.4) is 0 Å². The fourth-order valence-corrected chi connectivity index (χ4v) is 5.38. The standard InChI is InChI=1S/C29H28O/c1-19-14-22-10-6-7-11-27(22)29(19)26-15-23(13-12-21-8-4-3-5-9-21)28-18-24(20(2)30)16-25(28)17-26/h3-11,14-15,17,24,29H,12-13,16,18H2,1-2H3. The minimum atomic E-state index is 0.151. The van der Waals surface area contributed by atoms with Gasteiger partial charge in [-0.3, -0.25) is 4.79 Å². The highest BCUT2D eigenvalue weighted by Gasteiger charge is 2.30. The van der Waals surface area contributed by atoms with Gasteiger partial charge in [0.1, 0.15) is 5.78 Å². The van der Waals surface area contributed by atoms with Crippen molar-refractivity contribution in [1.29, 1.82) is 0 Å². The molecule has 0 N–H and O–H groups in total. The number of hydrogen-bond acceptors (Lipinski definition) is 1. The average Bonchev–Trinajstić information content (AvgIpc) is 3.33. The van der Waals surface area contributed by atoms with E-state index in [1.807, 2.05) is 0 Å². The van der Waals surface area contributed by atoms with Gasteiger partial charge in [-0.1, -0.05) is 78.4 Å². The SMILES string of the molecule is CC(=O)C1Cc2cc(C3C(C)=Cc4ccccc43)cc(CCc3ccccc3)c2C1. The smallest absolute Gasteiger partial charge is 0.133 e. The summed E-state index contributed by atoms with van der Waals surface area (Å²) in [4.78, 5) is 12.2. The van der Waals surface area contributed by atoms with E-state index in [4.69, 9.17) is 0 Å². The highest BCUT2D eigenvalue weighted by molar-refractivity contribution is 5.80. The lowest BCUT2D eigenvalue weighted by atomic mass is 9.85. The molecule has 2 aliphatic carbocycles. The lowest BCUT2D eigenvalue weighted by Gasteiger charge is -2.19. The van der Waals surface area contributed by atoms with Crippen molar-refractivity contribution in [3.05, 3.63) is 111 Å². The Balaban J connectivity index is 1.54. The van der Waals surface area contributed by atoms with Crippen molar-refractivity contribution < 1.29 is 4.79 Å². The number of fused-ring (bicyclic) bond motifs is 2. The van der Waals surface area contributed by atoms with E-state index in [-0.39, 0.29) is 5.92 Å². The van der Waals surface area contributed by atoms with Crippen molar-refractivity contribution in [2.45, 2.75) is 45.4 Å². The second-order valence-electron chi connectivity index (χ2n) is 8.97. The number of ketones is 1. The van der Waals surface area contributed by atoms with E-state index in [1.54, 1.807) is 6.92 Å². The number of benzene rings is 3. The maximum absolute atomic E-state index is 12.2. The van der Waals surface area contributed by atoms with E-state index in [2.05, 4.69) is 79.7 Å². The molecule has 2 unspecified atom stereocenters. The van der Waals surface area contributed by atoms with Crippen LogP contribution in [0.25, 0.3) is 6.08 Å². The zero-order valence-electron chi connectivity index (χ0n) is 17.8. The maximum Gasteiger partial charge on any atom is 0.133 e. The summed E-state index contributed by atoms with van der Waals surface area (Å²) in [7, 11) is 0. The molecule has 30 heavy (non-hydrogen) atoms. The third-order valence-electron chi connectivity index (χ3n) is 6.95. The molecule has 0 saturated carbocycles. The molecule has 1 heteroatoms. The molecule has 0 aromatic heterocycles. The first-order valence-electron chi connectivity index (χ1n) is 11.1. The first-order valence-corrected chi connectivity index (χ1v) is 11.1. The van der Waals surface area contributed by atoms with Crippen molar-refractivity contribution >= 4 is 11.9 Å². The summed E-state index contributed by atoms with van der Waals surface area (Å²) >= 11 is 0. The van der Waals surface area contributed by atoms with Crippen LogP contribution in [-0.4, -0.2) is 5.78 Å². The number of carbonyl (C=O) groups excluding carboxylic acids is 1. The van der Waals surface area contributed by atoms with Crippen LogP contribution < -0.4 is 0 Å². The van der Waals surface area contributed by atoms with Crippen LogP contribution in [0.15, 0.2) is 72.3 Å². The molecule has 0 fully saturated rings. The summed E-state index contributed by atoms with van der Waals surface area (Å²) in [5, 5.41) is 0. The summed E-state index contributed by atoms with van der Waals surface area (Å²) in [6.45, 7) is 4.00. The van der Waals surface area contributed by atoms with Crippen molar-refractivity contribution in [3.8, 4) is 0 Å². The van der Waals surface area contributed by atoms with Gasteiger partial charge in [-0.25, -0.2) is 0 Å². The van der Waals surface area contributed by atoms with Gasteiger partial charge in [0, 0.05) is 11.8 Å². The van der Waals surface area contributed by atoms with Crippen LogP contribution in [0, 0.1) is 5.92 Å². The van der Waals surface area contributed by atoms with E-state index < -0.39 is 0 Å². The Bertz CT molecular complexity index is 1140. The molecule has 0 heterocycles. The zero-order chi connectivity index (χ0) is 20.7. The Hall–Kier alpha value is -2.93. The highest BCUT2D eigenvalue weighted by atomic mass is 16.1. The van der Waals surface area contributed by atoms with E-state index in [9.17, 15) is 4.79 Å². The largest absolute Gasteiger partial charge is 0.300 e. The topological polar surface area (TPSA) is 17.1 Å². The van der Waals surface area contributed by atoms with Crippen LogP contribution in [0.5, 0.6) is 0 Å². The van der Waals surface area contributed by atoms with E-state index in [0.717, 1.165) is 25.7 Å². The van der Waals surface area contributed by atoms with Crippen molar-refractivity contribution in [3.63, 3.8) is 0 Å². The zero-order valence-corrected chi connectivity index (χ0v) is 17.8. The van der Waals surface area contributed by atoms with E-state index >= 15 is 0 Å². The summed E-state index contributed by atoms with van der Waals surface area (Å²) in [5.41, 5.74) is 11.2. The van der Waals surface area contributed by atoms with Crippen molar-refractivity contribution in [2.75, 3.05) is 0 Å². The van der Waals surface area contributed by atoms with Gasteiger partial charge < -0.3 is 0 Å². The van der Waals surface area contributed by atoms with Gasteiger partial charge in [0.25, 0.3) is 0 Å². The Labute approximate surface area is 179 Å². The molecule has 2 atom stereocenters. The molecule has 0 spiro atoms. The first kappa shape index (κ1) is 19.1. The normalized spacial score (nSPS) is 19.3. The number of Topliss-reactive ketones (excluding diaryl/α,β-unsaturated/α-hetero) is 1. The van der Waals surface area contributed by atoms with Crippen LogP contribution in [0.2, 0.25) is 0 Å². The predicted octanol–water partition coefficient (Wildman–Crippen LogP) is 6.32. The van der Waals surface area contributed by atoms with Gasteiger partial charge in [0.15, 0.2) is 0 Å². The van der Waals surface area contributed by atoms with E-state index in [1.165, 1.54) is 44.5 Å². The monoisotopic (exact) mass is 392 g/mol. The van der Waals surface area contributed by atoms with Gasteiger partial charge >= 0.3 is 0 Å². The molecule has 2 aliphatic rings. The molecule has 0 saturated heterocycles. The molecular formula is C29H28O. The fraction of sp³-hybridized carbons (Fsp3) is 0.276. The summed E-state index contributed by atoms with van der Waals surface area (Å²) in [5.74, 6) is 0.806. The molecule has 0 aliphatic heterocycles. The molecule has 0 bridgehead atoms. The van der Waals surface area contributed by atoms with Crippen molar-refractivity contribution in [1.82, 2.24) is 0 Å². The number of hydrogen-bond donors (Lipinski definition) is 0. The lowest BCUT2D eigenvalue weighted by Crippen LogP contribution is -2.10. The lowest BCUT2D eigenvalue weighted by molar-refractivity contribution is -0.120. The van der Waals surface area contributed by atoms with Gasteiger partial charge in [-0.2, -0.15) is 0 Å². The van der Waals surface area contributed by atoms with Crippen LogP contribution in [0.1, 0.15) is 58.7 Å². The molecule has 150 valence electrons. The van der Waals surface area contributed by atoms with E-state index in [0.29, 0.717) is 11.7 Å². The van der Waals surface area contributed by atoms with Crippen LogP contribution in [0.4, 0.5) is 0 Å². The van der Waals surface area contributed by atoms with Crippen LogP contribution in [-0.2, 0) is 30.5 Å². The molecule has 3 aromatic carbocycles.